The zero-order valence-electron chi connectivity index (χ0n) is 24.0. The Labute approximate surface area is 242 Å². The van der Waals surface area contributed by atoms with E-state index in [0.717, 1.165) is 66.9 Å². The molecule has 0 saturated carbocycles. The van der Waals surface area contributed by atoms with Gasteiger partial charge in [-0.25, -0.2) is 4.79 Å². The van der Waals surface area contributed by atoms with Crippen LogP contribution in [0, 0.1) is 11.3 Å². The standard InChI is InChI=1S/C36H39NO4/c1-36(2)19-18-28-30(22-36)27-11-6-7-12-29(27)34(33(28)32-13-8-20-40-32)37-31(35(38)39)21-24-14-16-26(17-15-24)41-23-25-9-4-3-5-10-25/h3-7,9-12,14-17,31-33H,8,13,18-23H2,1-2H3,(H,38,39)/t31-,32?,33?/m0/s1. The number of carboxylic acid groups (broad SMARTS) is 1. The van der Waals surface area contributed by atoms with Gasteiger partial charge in [0.05, 0.1) is 11.8 Å². The SMILES string of the molecule is CC1(C)CCC2=C(C1)c1ccccc1C(=N[C@@H](Cc1ccc(OCc3ccccc3)cc1)C(=O)O)C2C1CCCO1. The molecule has 2 aliphatic carbocycles. The summed E-state index contributed by atoms with van der Waals surface area (Å²) in [5, 5.41) is 10.4. The van der Waals surface area contributed by atoms with Gasteiger partial charge in [-0.15, -0.1) is 0 Å². The molecular formula is C36H39NO4. The van der Waals surface area contributed by atoms with Crippen LogP contribution in [0.25, 0.3) is 5.57 Å². The van der Waals surface area contributed by atoms with Crippen LogP contribution in [0.15, 0.2) is 89.4 Å². The van der Waals surface area contributed by atoms with Crippen molar-refractivity contribution < 1.29 is 19.4 Å². The lowest BCUT2D eigenvalue weighted by molar-refractivity contribution is -0.138. The number of carboxylic acids is 1. The van der Waals surface area contributed by atoms with Crippen molar-refractivity contribution in [1.29, 1.82) is 0 Å². The molecule has 1 heterocycles. The summed E-state index contributed by atoms with van der Waals surface area (Å²) in [7, 11) is 0. The van der Waals surface area contributed by atoms with Gasteiger partial charge in [0.1, 0.15) is 12.4 Å². The summed E-state index contributed by atoms with van der Waals surface area (Å²) < 4.78 is 12.2. The highest BCUT2D eigenvalue weighted by Crippen LogP contribution is 2.51. The van der Waals surface area contributed by atoms with Crippen LogP contribution in [-0.4, -0.2) is 35.5 Å². The second kappa shape index (κ2) is 11.7. The van der Waals surface area contributed by atoms with Crippen molar-refractivity contribution in [2.24, 2.45) is 16.3 Å². The Bertz CT molecular complexity index is 1450. The molecule has 0 spiro atoms. The number of aliphatic imine (C=N–C) groups is 1. The maximum Gasteiger partial charge on any atom is 0.328 e. The van der Waals surface area contributed by atoms with Crippen LogP contribution in [0.4, 0.5) is 0 Å². The fraction of sp³-hybridized carbons (Fsp3) is 0.389. The van der Waals surface area contributed by atoms with Crippen LogP contribution in [0.3, 0.4) is 0 Å². The zero-order valence-corrected chi connectivity index (χ0v) is 24.0. The summed E-state index contributed by atoms with van der Waals surface area (Å²) in [5.74, 6) is -0.140. The number of fused-ring (bicyclic) bond motifs is 2. The van der Waals surface area contributed by atoms with E-state index >= 15 is 0 Å². The van der Waals surface area contributed by atoms with Crippen molar-refractivity contribution in [1.82, 2.24) is 0 Å². The van der Waals surface area contributed by atoms with E-state index in [0.29, 0.717) is 13.0 Å². The highest BCUT2D eigenvalue weighted by Gasteiger charge is 2.43. The van der Waals surface area contributed by atoms with Crippen molar-refractivity contribution in [2.75, 3.05) is 6.61 Å². The molecule has 1 fully saturated rings. The molecule has 212 valence electrons. The molecule has 3 aliphatic rings. The maximum absolute atomic E-state index is 12.6. The van der Waals surface area contributed by atoms with E-state index in [9.17, 15) is 9.90 Å². The Morgan fingerprint density at radius 2 is 1.73 bits per heavy atom. The number of hydrogen-bond acceptors (Lipinski definition) is 4. The minimum absolute atomic E-state index is 0.00844. The Balaban J connectivity index is 1.30. The molecule has 0 aromatic heterocycles. The van der Waals surface area contributed by atoms with Gasteiger partial charge in [-0.3, -0.25) is 4.99 Å². The lowest BCUT2D eigenvalue weighted by Gasteiger charge is -2.42. The van der Waals surface area contributed by atoms with Gasteiger partial charge in [0.2, 0.25) is 0 Å². The number of ether oxygens (including phenoxy) is 2. The molecule has 1 saturated heterocycles. The molecule has 0 amide bonds. The quantitative estimate of drug-likeness (QED) is 0.315. The van der Waals surface area contributed by atoms with Crippen molar-refractivity contribution >= 4 is 17.3 Å². The van der Waals surface area contributed by atoms with Crippen LogP contribution in [0.2, 0.25) is 0 Å². The Kier molecular flexibility index (Phi) is 7.81. The van der Waals surface area contributed by atoms with Gasteiger partial charge in [-0.05, 0) is 71.9 Å². The Morgan fingerprint density at radius 1 is 1.00 bits per heavy atom. The third-order valence-electron chi connectivity index (χ3n) is 8.83. The highest BCUT2D eigenvalue weighted by molar-refractivity contribution is 6.12. The van der Waals surface area contributed by atoms with Gasteiger partial charge in [-0.1, -0.05) is 86.2 Å². The first-order valence-corrected chi connectivity index (χ1v) is 14.9. The van der Waals surface area contributed by atoms with E-state index in [1.807, 2.05) is 60.7 Å². The average molecular weight is 550 g/mol. The van der Waals surface area contributed by atoms with Crippen molar-refractivity contribution in [3.63, 3.8) is 0 Å². The molecule has 0 radical (unpaired) electrons. The normalized spacial score (nSPS) is 23.1. The third-order valence-corrected chi connectivity index (χ3v) is 8.83. The molecule has 3 aromatic rings. The average Bonchev–Trinajstić information content (AvgIpc) is 3.51. The largest absolute Gasteiger partial charge is 0.489 e. The second-order valence-electron chi connectivity index (χ2n) is 12.4. The summed E-state index contributed by atoms with van der Waals surface area (Å²) in [6.45, 7) is 5.95. The van der Waals surface area contributed by atoms with Crippen molar-refractivity contribution in [3.8, 4) is 5.75 Å². The van der Waals surface area contributed by atoms with Crippen LogP contribution < -0.4 is 4.74 Å². The van der Waals surface area contributed by atoms with Crippen LogP contribution in [-0.2, 0) is 22.6 Å². The number of allylic oxidation sites excluding steroid dienone is 1. The van der Waals surface area contributed by atoms with Crippen LogP contribution in [0.5, 0.6) is 5.75 Å². The zero-order chi connectivity index (χ0) is 28.4. The predicted molar refractivity (Wildman–Crippen MR) is 162 cm³/mol. The van der Waals surface area contributed by atoms with E-state index in [-0.39, 0.29) is 17.4 Å². The first kappa shape index (κ1) is 27.5. The molecule has 5 heteroatoms. The van der Waals surface area contributed by atoms with Crippen LogP contribution >= 0.6 is 0 Å². The topological polar surface area (TPSA) is 68.1 Å². The fourth-order valence-electron chi connectivity index (χ4n) is 6.68. The van der Waals surface area contributed by atoms with Gasteiger partial charge in [0.15, 0.2) is 6.04 Å². The monoisotopic (exact) mass is 549 g/mol. The Morgan fingerprint density at radius 3 is 2.44 bits per heavy atom. The Hall–Kier alpha value is -3.70. The number of aliphatic carboxylic acids is 1. The van der Waals surface area contributed by atoms with E-state index in [2.05, 4.69) is 32.0 Å². The smallest absolute Gasteiger partial charge is 0.328 e. The molecule has 0 bridgehead atoms. The number of rotatable bonds is 8. The van der Waals surface area contributed by atoms with E-state index in [1.165, 1.54) is 16.7 Å². The first-order valence-electron chi connectivity index (χ1n) is 14.9. The molecule has 1 aliphatic heterocycles. The van der Waals surface area contributed by atoms with Gasteiger partial charge >= 0.3 is 5.97 Å². The summed E-state index contributed by atoms with van der Waals surface area (Å²) in [6, 6.07) is 25.3. The van der Waals surface area contributed by atoms with E-state index < -0.39 is 12.0 Å². The molecule has 2 unspecified atom stereocenters. The van der Waals surface area contributed by atoms with Crippen molar-refractivity contribution in [3.05, 3.63) is 107 Å². The number of hydrogen-bond donors (Lipinski definition) is 1. The minimum atomic E-state index is -0.907. The molecule has 6 rings (SSSR count). The summed E-state index contributed by atoms with van der Waals surface area (Å²) >= 11 is 0. The molecular weight excluding hydrogens is 510 g/mol. The number of nitrogens with zero attached hydrogens (tertiary/aromatic N) is 1. The second-order valence-corrected chi connectivity index (χ2v) is 12.4. The van der Waals surface area contributed by atoms with Crippen molar-refractivity contribution in [2.45, 2.75) is 71.1 Å². The minimum Gasteiger partial charge on any atom is -0.489 e. The highest BCUT2D eigenvalue weighted by atomic mass is 16.5. The fourth-order valence-corrected chi connectivity index (χ4v) is 6.68. The lowest BCUT2D eigenvalue weighted by Crippen LogP contribution is -2.38. The predicted octanol–water partition coefficient (Wildman–Crippen LogP) is 7.52. The lowest BCUT2D eigenvalue weighted by atomic mass is 9.64. The molecule has 3 atom stereocenters. The van der Waals surface area contributed by atoms with E-state index in [1.54, 1.807) is 0 Å². The molecule has 3 aromatic carbocycles. The van der Waals surface area contributed by atoms with Gasteiger partial charge < -0.3 is 14.6 Å². The maximum atomic E-state index is 12.6. The van der Waals surface area contributed by atoms with Gasteiger partial charge in [0.25, 0.3) is 0 Å². The van der Waals surface area contributed by atoms with Crippen LogP contribution in [0.1, 0.15) is 68.2 Å². The first-order chi connectivity index (χ1) is 19.9. The molecule has 5 nitrogen and oxygen atoms in total. The number of benzene rings is 3. The summed E-state index contributed by atoms with van der Waals surface area (Å²) in [5.41, 5.74) is 8.28. The van der Waals surface area contributed by atoms with E-state index in [4.69, 9.17) is 14.5 Å². The summed E-state index contributed by atoms with van der Waals surface area (Å²) in [4.78, 5) is 17.7. The van der Waals surface area contributed by atoms with Gasteiger partial charge in [0, 0.05) is 24.5 Å². The molecule has 41 heavy (non-hydrogen) atoms. The number of carbonyl (C=O) groups is 1. The van der Waals surface area contributed by atoms with Gasteiger partial charge in [-0.2, -0.15) is 0 Å². The molecule has 1 N–H and O–H groups in total. The summed E-state index contributed by atoms with van der Waals surface area (Å²) in [6.07, 6.45) is 5.52. The third kappa shape index (κ3) is 6.01.